The maximum absolute atomic E-state index is 12.3. The van der Waals surface area contributed by atoms with Crippen molar-refractivity contribution in [2.75, 3.05) is 13.1 Å². The number of hydrogen-bond donors (Lipinski definition) is 1. The third-order valence-corrected chi connectivity index (χ3v) is 3.77. The summed E-state index contributed by atoms with van der Waals surface area (Å²) in [6, 6.07) is -0.309. The molecule has 1 atom stereocenters. The van der Waals surface area contributed by atoms with Crippen molar-refractivity contribution >= 4 is 11.8 Å². The van der Waals surface area contributed by atoms with E-state index < -0.39 is 0 Å². The molecule has 1 rings (SSSR count). The van der Waals surface area contributed by atoms with Crippen LogP contribution in [0.2, 0.25) is 0 Å². The Hall–Kier alpha value is -1.06. The smallest absolute Gasteiger partial charge is 0.245 e. The molecule has 1 unspecified atom stereocenters. The van der Waals surface area contributed by atoms with E-state index in [1.54, 1.807) is 4.90 Å². The van der Waals surface area contributed by atoms with Crippen molar-refractivity contribution in [3.05, 3.63) is 0 Å². The summed E-state index contributed by atoms with van der Waals surface area (Å²) in [5, 5.41) is 2.82. The minimum atomic E-state index is -0.309. The second kappa shape index (κ2) is 8.98. The zero-order chi connectivity index (χ0) is 15.0. The predicted octanol–water partition coefficient (Wildman–Crippen LogP) is 2.72. The lowest BCUT2D eigenvalue weighted by atomic mass is 10.0. The summed E-state index contributed by atoms with van der Waals surface area (Å²) >= 11 is 0. The van der Waals surface area contributed by atoms with Crippen LogP contribution in [0.1, 0.15) is 65.7 Å². The van der Waals surface area contributed by atoms with E-state index in [1.807, 2.05) is 0 Å². The molecular weight excluding hydrogens is 252 g/mol. The van der Waals surface area contributed by atoms with Crippen LogP contribution < -0.4 is 5.32 Å². The third kappa shape index (κ3) is 5.93. The summed E-state index contributed by atoms with van der Waals surface area (Å²) in [5.41, 5.74) is 0. The molecule has 0 radical (unpaired) electrons. The largest absolute Gasteiger partial charge is 0.343 e. The third-order valence-electron chi connectivity index (χ3n) is 3.77. The van der Waals surface area contributed by atoms with Crippen LogP contribution in [0, 0.1) is 5.92 Å². The summed E-state index contributed by atoms with van der Waals surface area (Å²) < 4.78 is 0. The maximum Gasteiger partial charge on any atom is 0.245 e. The molecular formula is C16H30N2O2. The molecule has 2 amide bonds. The summed E-state index contributed by atoms with van der Waals surface area (Å²) in [4.78, 5) is 25.7. The van der Waals surface area contributed by atoms with Crippen molar-refractivity contribution in [2.45, 2.75) is 71.8 Å². The summed E-state index contributed by atoms with van der Waals surface area (Å²) in [5.74, 6) is 0.506. The van der Waals surface area contributed by atoms with Crippen molar-refractivity contribution in [1.29, 1.82) is 0 Å². The molecule has 0 aromatic heterocycles. The van der Waals surface area contributed by atoms with Crippen LogP contribution in [0.5, 0.6) is 0 Å². The fourth-order valence-corrected chi connectivity index (χ4v) is 2.68. The molecule has 0 aromatic rings. The van der Waals surface area contributed by atoms with Gasteiger partial charge in [0, 0.05) is 6.54 Å². The van der Waals surface area contributed by atoms with Crippen LogP contribution in [0.25, 0.3) is 0 Å². The summed E-state index contributed by atoms with van der Waals surface area (Å²) in [6.07, 6.45) is 7.95. The molecule has 4 heteroatoms. The number of rotatable bonds is 9. The Balaban J connectivity index is 2.32. The van der Waals surface area contributed by atoms with Crippen LogP contribution in [-0.2, 0) is 9.59 Å². The molecule has 4 nitrogen and oxygen atoms in total. The van der Waals surface area contributed by atoms with Gasteiger partial charge in [0.05, 0.1) is 6.54 Å². The molecule has 1 aliphatic rings. The van der Waals surface area contributed by atoms with Gasteiger partial charge >= 0.3 is 0 Å². The van der Waals surface area contributed by atoms with Gasteiger partial charge in [-0.3, -0.25) is 9.59 Å². The van der Waals surface area contributed by atoms with E-state index in [-0.39, 0.29) is 24.4 Å². The lowest BCUT2D eigenvalue weighted by molar-refractivity contribution is -0.144. The Morgan fingerprint density at radius 1 is 1.15 bits per heavy atom. The summed E-state index contributed by atoms with van der Waals surface area (Å²) in [6.45, 7) is 7.33. The number of carbonyl (C=O) groups is 2. The molecule has 1 aliphatic heterocycles. The SMILES string of the molecule is CCCCCCCCN1CC(=O)NC(CC(C)C)C1=O. The van der Waals surface area contributed by atoms with Gasteiger partial charge in [-0.25, -0.2) is 0 Å². The van der Waals surface area contributed by atoms with Crippen molar-refractivity contribution in [1.82, 2.24) is 10.2 Å². The van der Waals surface area contributed by atoms with Gasteiger partial charge < -0.3 is 10.2 Å². The maximum atomic E-state index is 12.3. The van der Waals surface area contributed by atoms with E-state index in [4.69, 9.17) is 0 Å². The fourth-order valence-electron chi connectivity index (χ4n) is 2.68. The van der Waals surface area contributed by atoms with Gasteiger partial charge in [0.15, 0.2) is 0 Å². The average Bonchev–Trinajstić information content (AvgIpc) is 2.38. The van der Waals surface area contributed by atoms with E-state index in [9.17, 15) is 9.59 Å². The van der Waals surface area contributed by atoms with Gasteiger partial charge in [-0.2, -0.15) is 0 Å². The van der Waals surface area contributed by atoms with Crippen molar-refractivity contribution in [3.63, 3.8) is 0 Å². The normalized spacial score (nSPS) is 19.6. The fraction of sp³-hybridized carbons (Fsp3) is 0.875. The van der Waals surface area contributed by atoms with E-state index in [2.05, 4.69) is 26.1 Å². The van der Waals surface area contributed by atoms with Crippen LogP contribution >= 0.6 is 0 Å². The molecule has 20 heavy (non-hydrogen) atoms. The van der Waals surface area contributed by atoms with Gasteiger partial charge in [-0.1, -0.05) is 52.9 Å². The molecule has 0 aliphatic carbocycles. The minimum Gasteiger partial charge on any atom is -0.343 e. The van der Waals surface area contributed by atoms with Crippen molar-refractivity contribution in [3.8, 4) is 0 Å². The van der Waals surface area contributed by atoms with Crippen LogP contribution in [0.4, 0.5) is 0 Å². The first-order valence-corrected chi connectivity index (χ1v) is 8.12. The highest BCUT2D eigenvalue weighted by Gasteiger charge is 2.32. The Bertz CT molecular complexity index is 316. The molecule has 116 valence electrons. The lowest BCUT2D eigenvalue weighted by Gasteiger charge is -2.33. The van der Waals surface area contributed by atoms with Gasteiger partial charge in [0.1, 0.15) is 6.04 Å². The highest BCUT2D eigenvalue weighted by atomic mass is 16.2. The standard InChI is InChI=1S/C16H30N2O2/c1-4-5-6-7-8-9-10-18-12-15(19)17-14(16(18)20)11-13(2)3/h13-14H,4-12H2,1-3H3,(H,17,19). The van der Waals surface area contributed by atoms with E-state index >= 15 is 0 Å². The quantitative estimate of drug-likeness (QED) is 0.661. The second-order valence-corrected chi connectivity index (χ2v) is 6.28. The number of nitrogens with zero attached hydrogens (tertiary/aromatic N) is 1. The molecule has 1 fully saturated rings. The summed E-state index contributed by atoms with van der Waals surface area (Å²) in [7, 11) is 0. The molecule has 0 bridgehead atoms. The number of carbonyl (C=O) groups excluding carboxylic acids is 2. The van der Waals surface area contributed by atoms with E-state index in [1.165, 1.54) is 25.7 Å². The Labute approximate surface area is 123 Å². The molecule has 0 spiro atoms. The number of hydrogen-bond acceptors (Lipinski definition) is 2. The zero-order valence-electron chi connectivity index (χ0n) is 13.3. The zero-order valence-corrected chi connectivity index (χ0v) is 13.3. The second-order valence-electron chi connectivity index (χ2n) is 6.28. The Kier molecular flexibility index (Phi) is 7.63. The Morgan fingerprint density at radius 3 is 2.45 bits per heavy atom. The highest BCUT2D eigenvalue weighted by molar-refractivity contribution is 5.94. The number of piperazine rings is 1. The van der Waals surface area contributed by atoms with Crippen LogP contribution in [0.3, 0.4) is 0 Å². The van der Waals surface area contributed by atoms with E-state index in [0.29, 0.717) is 5.92 Å². The molecule has 1 saturated heterocycles. The molecule has 1 N–H and O–H groups in total. The molecule has 0 saturated carbocycles. The van der Waals surface area contributed by atoms with Gasteiger partial charge in [-0.05, 0) is 18.8 Å². The average molecular weight is 282 g/mol. The first-order valence-electron chi connectivity index (χ1n) is 8.12. The van der Waals surface area contributed by atoms with Crippen LogP contribution in [-0.4, -0.2) is 35.8 Å². The number of nitrogens with one attached hydrogen (secondary N) is 1. The van der Waals surface area contributed by atoms with Crippen molar-refractivity contribution < 1.29 is 9.59 Å². The monoisotopic (exact) mass is 282 g/mol. The van der Waals surface area contributed by atoms with Gasteiger partial charge in [-0.15, -0.1) is 0 Å². The van der Waals surface area contributed by atoms with Gasteiger partial charge in [0.2, 0.25) is 11.8 Å². The minimum absolute atomic E-state index is 0.0127. The Morgan fingerprint density at radius 2 is 1.80 bits per heavy atom. The highest BCUT2D eigenvalue weighted by Crippen LogP contribution is 2.13. The predicted molar refractivity (Wildman–Crippen MR) is 81.3 cm³/mol. The number of unbranched alkanes of at least 4 members (excludes halogenated alkanes) is 5. The van der Waals surface area contributed by atoms with E-state index in [0.717, 1.165) is 25.8 Å². The number of amides is 2. The topological polar surface area (TPSA) is 49.4 Å². The van der Waals surface area contributed by atoms with Gasteiger partial charge in [0.25, 0.3) is 0 Å². The van der Waals surface area contributed by atoms with Crippen molar-refractivity contribution in [2.24, 2.45) is 5.92 Å². The first kappa shape index (κ1) is 17.0. The lowest BCUT2D eigenvalue weighted by Crippen LogP contribution is -2.58. The van der Waals surface area contributed by atoms with Crippen LogP contribution in [0.15, 0.2) is 0 Å². The molecule has 0 aromatic carbocycles. The first-order chi connectivity index (χ1) is 9.54. The molecule has 1 heterocycles.